The molecule has 0 amide bonds. The van der Waals surface area contributed by atoms with E-state index in [0.717, 1.165) is 18.5 Å². The van der Waals surface area contributed by atoms with E-state index in [9.17, 15) is 4.39 Å². The largest absolute Gasteiger partial charge is 0.289 e. The van der Waals surface area contributed by atoms with Gasteiger partial charge in [-0.1, -0.05) is 48.0 Å². The molecule has 0 aromatic heterocycles. The fourth-order valence-corrected chi connectivity index (χ4v) is 4.13. The Morgan fingerprint density at radius 1 is 1.09 bits per heavy atom. The molecule has 3 heteroatoms. The van der Waals surface area contributed by atoms with Crippen molar-refractivity contribution in [3.63, 3.8) is 0 Å². The monoisotopic (exact) mass is 327 g/mol. The molecular weight excluding hydrogens is 309 g/mol. The van der Waals surface area contributed by atoms with E-state index in [2.05, 4.69) is 41.3 Å². The van der Waals surface area contributed by atoms with Crippen molar-refractivity contribution < 1.29 is 4.39 Å². The van der Waals surface area contributed by atoms with Gasteiger partial charge in [0.15, 0.2) is 0 Å². The highest BCUT2D eigenvalue weighted by molar-refractivity contribution is 6.30. The van der Waals surface area contributed by atoms with Gasteiger partial charge in [-0.3, -0.25) is 4.90 Å². The fourth-order valence-electron chi connectivity index (χ4n) is 3.91. The first-order chi connectivity index (χ1) is 11.2. The normalized spacial score (nSPS) is 23.8. The third-order valence-electron chi connectivity index (χ3n) is 4.98. The van der Waals surface area contributed by atoms with E-state index >= 15 is 0 Å². The van der Waals surface area contributed by atoms with Crippen LogP contribution in [-0.2, 0) is 6.54 Å². The molecule has 1 fully saturated rings. The number of hydrogen-bond acceptors (Lipinski definition) is 1. The van der Waals surface area contributed by atoms with Gasteiger partial charge in [-0.2, -0.15) is 0 Å². The summed E-state index contributed by atoms with van der Waals surface area (Å²) in [6.07, 6.45) is 5.69. The molecule has 0 spiro atoms. The van der Waals surface area contributed by atoms with Crippen molar-refractivity contribution >= 4 is 17.2 Å². The predicted molar refractivity (Wildman–Crippen MR) is 92.8 cm³/mol. The lowest BCUT2D eigenvalue weighted by Crippen LogP contribution is -2.37. The van der Waals surface area contributed by atoms with Crippen molar-refractivity contribution in [2.75, 3.05) is 0 Å². The van der Waals surface area contributed by atoms with Gasteiger partial charge in [0.2, 0.25) is 0 Å². The maximum Gasteiger partial charge on any atom is 0.125 e. The van der Waals surface area contributed by atoms with E-state index in [1.807, 2.05) is 6.07 Å². The Balaban J connectivity index is 1.59. The first kappa shape index (κ1) is 14.9. The molecule has 0 aliphatic carbocycles. The molecular formula is C20H19ClFN. The van der Waals surface area contributed by atoms with Crippen LogP contribution in [0.3, 0.4) is 0 Å². The summed E-state index contributed by atoms with van der Waals surface area (Å²) in [6.45, 7) is 0.990. The van der Waals surface area contributed by atoms with Crippen LogP contribution >= 0.6 is 11.6 Å². The number of fused-ring (bicyclic) bond motifs is 2. The Morgan fingerprint density at radius 2 is 1.91 bits per heavy atom. The van der Waals surface area contributed by atoms with E-state index in [-0.39, 0.29) is 5.82 Å². The SMILES string of the molecule is Fc1cc(Cl)cc(C2=CC3CCC(C2)N3Cc2ccccc2)c1. The van der Waals surface area contributed by atoms with E-state index in [0.29, 0.717) is 17.1 Å². The third-order valence-corrected chi connectivity index (χ3v) is 5.20. The van der Waals surface area contributed by atoms with Crippen molar-refractivity contribution in [1.82, 2.24) is 4.90 Å². The van der Waals surface area contributed by atoms with E-state index in [1.165, 1.54) is 30.0 Å². The van der Waals surface area contributed by atoms with Gasteiger partial charge in [0.25, 0.3) is 0 Å². The molecule has 0 N–H and O–H groups in total. The number of nitrogens with zero attached hydrogens (tertiary/aromatic N) is 1. The van der Waals surface area contributed by atoms with Crippen LogP contribution in [0, 0.1) is 5.82 Å². The number of benzene rings is 2. The summed E-state index contributed by atoms with van der Waals surface area (Å²) in [6, 6.07) is 16.5. The van der Waals surface area contributed by atoms with Crippen LogP contribution in [-0.4, -0.2) is 17.0 Å². The summed E-state index contributed by atoms with van der Waals surface area (Å²) in [4.78, 5) is 2.58. The van der Waals surface area contributed by atoms with Crippen LogP contribution in [0.15, 0.2) is 54.6 Å². The first-order valence-corrected chi connectivity index (χ1v) is 8.54. The topological polar surface area (TPSA) is 3.24 Å². The molecule has 2 aliphatic heterocycles. The van der Waals surface area contributed by atoms with Gasteiger partial charge >= 0.3 is 0 Å². The zero-order chi connectivity index (χ0) is 15.8. The molecule has 0 radical (unpaired) electrons. The average molecular weight is 328 g/mol. The second-order valence-electron chi connectivity index (χ2n) is 6.51. The number of halogens is 2. The molecule has 2 aliphatic rings. The van der Waals surface area contributed by atoms with Gasteiger partial charge in [-0.15, -0.1) is 0 Å². The molecule has 2 aromatic rings. The molecule has 0 saturated carbocycles. The van der Waals surface area contributed by atoms with Gasteiger partial charge in [-0.05, 0) is 54.2 Å². The summed E-state index contributed by atoms with van der Waals surface area (Å²) in [5, 5.41) is 0.472. The zero-order valence-corrected chi connectivity index (χ0v) is 13.6. The van der Waals surface area contributed by atoms with Gasteiger partial charge < -0.3 is 0 Å². The van der Waals surface area contributed by atoms with Crippen molar-refractivity contribution in [2.24, 2.45) is 0 Å². The van der Waals surface area contributed by atoms with Crippen molar-refractivity contribution in [1.29, 1.82) is 0 Å². The van der Waals surface area contributed by atoms with Crippen LogP contribution in [0.4, 0.5) is 4.39 Å². The molecule has 2 bridgehead atoms. The summed E-state index contributed by atoms with van der Waals surface area (Å²) in [7, 11) is 0. The summed E-state index contributed by atoms with van der Waals surface area (Å²) in [5.74, 6) is -0.257. The standard InChI is InChI=1S/C20H19ClFN/c21-17-8-15(9-18(22)12-17)16-10-19-6-7-20(11-16)23(19)13-14-4-2-1-3-5-14/h1-5,8-10,12,19-20H,6-7,11,13H2. The van der Waals surface area contributed by atoms with Crippen LogP contribution in [0.2, 0.25) is 5.02 Å². The number of rotatable bonds is 3. The minimum Gasteiger partial charge on any atom is -0.289 e. The first-order valence-electron chi connectivity index (χ1n) is 8.16. The Labute approximate surface area is 141 Å². The Kier molecular flexibility index (Phi) is 3.96. The molecule has 2 atom stereocenters. The quantitative estimate of drug-likeness (QED) is 0.739. The molecule has 2 unspecified atom stereocenters. The van der Waals surface area contributed by atoms with Gasteiger partial charge in [0, 0.05) is 23.7 Å². The molecule has 4 rings (SSSR count). The molecule has 2 aromatic carbocycles. The highest BCUT2D eigenvalue weighted by Gasteiger charge is 2.36. The second-order valence-corrected chi connectivity index (χ2v) is 6.95. The van der Waals surface area contributed by atoms with Crippen molar-refractivity contribution in [3.8, 4) is 0 Å². The van der Waals surface area contributed by atoms with E-state index < -0.39 is 0 Å². The highest BCUT2D eigenvalue weighted by Crippen LogP contribution is 2.39. The van der Waals surface area contributed by atoms with Gasteiger partial charge in [-0.25, -0.2) is 4.39 Å². The lowest BCUT2D eigenvalue weighted by Gasteiger charge is -2.34. The van der Waals surface area contributed by atoms with Crippen molar-refractivity contribution in [2.45, 2.75) is 37.9 Å². The summed E-state index contributed by atoms with van der Waals surface area (Å²) < 4.78 is 13.6. The molecule has 1 nitrogen and oxygen atoms in total. The van der Waals surface area contributed by atoms with Crippen LogP contribution < -0.4 is 0 Å². The van der Waals surface area contributed by atoms with Crippen LogP contribution in [0.1, 0.15) is 30.4 Å². The van der Waals surface area contributed by atoms with Gasteiger partial charge in [0.05, 0.1) is 0 Å². The summed E-state index contributed by atoms with van der Waals surface area (Å²) >= 11 is 6.02. The average Bonchev–Trinajstić information content (AvgIpc) is 2.77. The zero-order valence-electron chi connectivity index (χ0n) is 12.9. The van der Waals surface area contributed by atoms with E-state index in [1.54, 1.807) is 6.07 Å². The van der Waals surface area contributed by atoms with Crippen LogP contribution in [0.25, 0.3) is 5.57 Å². The molecule has 23 heavy (non-hydrogen) atoms. The highest BCUT2D eigenvalue weighted by atomic mass is 35.5. The Hall–Kier alpha value is -1.64. The second kappa shape index (κ2) is 6.10. The molecule has 2 heterocycles. The van der Waals surface area contributed by atoms with E-state index in [4.69, 9.17) is 11.6 Å². The fraction of sp³-hybridized carbons (Fsp3) is 0.300. The molecule has 1 saturated heterocycles. The minimum absolute atomic E-state index is 0.257. The maximum atomic E-state index is 13.6. The lowest BCUT2D eigenvalue weighted by atomic mass is 9.94. The smallest absolute Gasteiger partial charge is 0.125 e. The predicted octanol–water partition coefficient (Wildman–Crippen LogP) is 5.30. The lowest BCUT2D eigenvalue weighted by molar-refractivity contribution is 0.203. The third kappa shape index (κ3) is 3.06. The van der Waals surface area contributed by atoms with Gasteiger partial charge in [0.1, 0.15) is 5.82 Å². The Bertz CT molecular complexity index is 720. The minimum atomic E-state index is -0.257. The maximum absolute atomic E-state index is 13.6. The molecule has 118 valence electrons. The van der Waals surface area contributed by atoms with Crippen LogP contribution in [0.5, 0.6) is 0 Å². The number of hydrogen-bond donors (Lipinski definition) is 0. The summed E-state index contributed by atoms with van der Waals surface area (Å²) in [5.41, 5.74) is 3.53. The van der Waals surface area contributed by atoms with Crippen molar-refractivity contribution in [3.05, 3.63) is 76.6 Å². The Morgan fingerprint density at radius 3 is 2.65 bits per heavy atom.